The van der Waals surface area contributed by atoms with Gasteiger partial charge < -0.3 is 10.5 Å². The van der Waals surface area contributed by atoms with Crippen molar-refractivity contribution in [2.24, 2.45) is 5.73 Å². The van der Waals surface area contributed by atoms with Crippen molar-refractivity contribution in [2.75, 3.05) is 0 Å². The molecule has 0 spiro atoms. The lowest BCUT2D eigenvalue weighted by Gasteiger charge is -2.14. The number of ether oxygens (including phenoxy) is 1. The standard InChI is InChI=1S/C15H13FN2O3S/c1-10(18(20)15(17)19)2-7-14-8-13(9-22-14)21-12-5-3-11(16)4-6-12/h3-6,8-10,20H,1H3,(H2,17,19). The first-order valence-electron chi connectivity index (χ1n) is 6.27. The summed E-state index contributed by atoms with van der Waals surface area (Å²) in [5.74, 6) is 6.27. The molecule has 0 aliphatic heterocycles. The monoisotopic (exact) mass is 320 g/mol. The first-order valence-corrected chi connectivity index (χ1v) is 7.14. The molecule has 1 atom stereocenters. The van der Waals surface area contributed by atoms with Crippen molar-refractivity contribution in [3.63, 3.8) is 0 Å². The molecule has 2 aromatic rings. The van der Waals surface area contributed by atoms with E-state index in [1.165, 1.54) is 35.6 Å². The van der Waals surface area contributed by atoms with Crippen LogP contribution in [0, 0.1) is 17.7 Å². The van der Waals surface area contributed by atoms with Gasteiger partial charge >= 0.3 is 6.03 Å². The van der Waals surface area contributed by atoms with Crippen LogP contribution in [0.25, 0.3) is 0 Å². The van der Waals surface area contributed by atoms with E-state index in [9.17, 15) is 14.4 Å². The molecule has 0 saturated carbocycles. The average molecular weight is 320 g/mol. The van der Waals surface area contributed by atoms with E-state index in [0.717, 1.165) is 0 Å². The Bertz CT molecular complexity index is 718. The van der Waals surface area contributed by atoms with Gasteiger partial charge in [-0.15, -0.1) is 11.3 Å². The van der Waals surface area contributed by atoms with Crippen molar-refractivity contribution in [1.29, 1.82) is 0 Å². The number of hydroxylamine groups is 2. The summed E-state index contributed by atoms with van der Waals surface area (Å²) in [4.78, 5) is 11.5. The number of carbonyl (C=O) groups excluding carboxylic acids is 1. The fourth-order valence-corrected chi connectivity index (χ4v) is 2.17. The topological polar surface area (TPSA) is 75.8 Å². The van der Waals surface area contributed by atoms with Crippen molar-refractivity contribution in [2.45, 2.75) is 13.0 Å². The Hall–Kier alpha value is -2.56. The molecular weight excluding hydrogens is 307 g/mol. The summed E-state index contributed by atoms with van der Waals surface area (Å²) < 4.78 is 18.3. The molecule has 0 radical (unpaired) electrons. The number of urea groups is 1. The number of rotatable bonds is 3. The number of hydrogen-bond donors (Lipinski definition) is 2. The van der Waals surface area contributed by atoms with Crippen LogP contribution >= 0.6 is 11.3 Å². The first kappa shape index (κ1) is 15.8. The fraction of sp³-hybridized carbons (Fsp3) is 0.133. The summed E-state index contributed by atoms with van der Waals surface area (Å²) in [6.07, 6.45) is 0. The van der Waals surface area contributed by atoms with E-state index in [4.69, 9.17) is 10.5 Å². The molecule has 1 aromatic heterocycles. The maximum absolute atomic E-state index is 12.8. The van der Waals surface area contributed by atoms with Gasteiger partial charge in [0.1, 0.15) is 23.4 Å². The molecule has 7 heteroatoms. The highest BCUT2D eigenvalue weighted by atomic mass is 32.1. The van der Waals surface area contributed by atoms with Gasteiger partial charge in [-0.2, -0.15) is 5.06 Å². The lowest BCUT2D eigenvalue weighted by molar-refractivity contribution is -0.0536. The molecule has 1 aromatic carbocycles. The average Bonchev–Trinajstić information content (AvgIpc) is 2.94. The van der Waals surface area contributed by atoms with Gasteiger partial charge in [0.05, 0.1) is 4.88 Å². The number of halogens is 1. The van der Waals surface area contributed by atoms with E-state index >= 15 is 0 Å². The second-order valence-corrected chi connectivity index (χ2v) is 5.24. The number of nitrogens with two attached hydrogens (primary N) is 1. The van der Waals surface area contributed by atoms with E-state index in [0.29, 0.717) is 21.4 Å². The van der Waals surface area contributed by atoms with Crippen molar-refractivity contribution in [1.82, 2.24) is 5.06 Å². The smallest absolute Gasteiger partial charge is 0.339 e. The fourth-order valence-electron chi connectivity index (χ4n) is 1.50. The van der Waals surface area contributed by atoms with E-state index in [2.05, 4.69) is 11.8 Å². The van der Waals surface area contributed by atoms with E-state index < -0.39 is 12.1 Å². The van der Waals surface area contributed by atoms with E-state index in [1.54, 1.807) is 18.4 Å². The van der Waals surface area contributed by atoms with Gasteiger partial charge in [-0.05, 0) is 31.2 Å². The second-order valence-electron chi connectivity index (χ2n) is 4.33. The predicted octanol–water partition coefficient (Wildman–Crippen LogP) is 3.19. The zero-order valence-electron chi connectivity index (χ0n) is 11.6. The molecule has 114 valence electrons. The Balaban J connectivity index is 2.03. The molecule has 1 unspecified atom stereocenters. The van der Waals surface area contributed by atoms with E-state index in [1.807, 2.05) is 0 Å². The van der Waals surface area contributed by atoms with Gasteiger partial charge in [0.2, 0.25) is 0 Å². The SMILES string of the molecule is CC(C#Cc1cc(Oc2ccc(F)cc2)cs1)N(O)C(N)=O. The second kappa shape index (κ2) is 6.93. The Labute approximate surface area is 130 Å². The quantitative estimate of drug-likeness (QED) is 0.518. The van der Waals surface area contributed by atoms with Crippen LogP contribution in [0.4, 0.5) is 9.18 Å². The Kier molecular flexibility index (Phi) is 4.99. The molecule has 0 fully saturated rings. The van der Waals surface area contributed by atoms with Crippen LogP contribution in [-0.2, 0) is 0 Å². The summed E-state index contributed by atoms with van der Waals surface area (Å²) in [6, 6.07) is 5.69. The zero-order chi connectivity index (χ0) is 16.1. The number of primary amides is 1. The number of nitrogens with zero attached hydrogens (tertiary/aromatic N) is 1. The molecule has 5 nitrogen and oxygen atoms in total. The van der Waals surface area contributed by atoms with Gasteiger partial charge in [-0.1, -0.05) is 11.8 Å². The molecule has 2 rings (SSSR count). The minimum Gasteiger partial charge on any atom is -0.456 e. The third-order valence-corrected chi connectivity index (χ3v) is 3.45. The molecule has 22 heavy (non-hydrogen) atoms. The van der Waals surface area contributed by atoms with Gasteiger partial charge in [-0.3, -0.25) is 5.21 Å². The normalized spacial score (nSPS) is 11.2. The van der Waals surface area contributed by atoms with Crippen LogP contribution in [-0.4, -0.2) is 22.3 Å². The Morgan fingerprint density at radius 2 is 2.09 bits per heavy atom. The highest BCUT2D eigenvalue weighted by molar-refractivity contribution is 7.10. The summed E-state index contributed by atoms with van der Waals surface area (Å²) in [6.45, 7) is 1.54. The molecule has 3 N–H and O–H groups in total. The maximum atomic E-state index is 12.8. The third-order valence-electron chi connectivity index (χ3n) is 2.62. The number of carbonyl (C=O) groups is 1. The Morgan fingerprint density at radius 1 is 1.41 bits per heavy atom. The first-order chi connectivity index (χ1) is 10.5. The lowest BCUT2D eigenvalue weighted by Crippen LogP contribution is -2.38. The molecule has 2 amide bonds. The molecule has 1 heterocycles. The van der Waals surface area contributed by atoms with Crippen molar-refractivity contribution >= 4 is 17.4 Å². The summed E-state index contributed by atoms with van der Waals surface area (Å²) >= 11 is 1.35. The van der Waals surface area contributed by atoms with Gasteiger partial charge in [0.25, 0.3) is 0 Å². The summed E-state index contributed by atoms with van der Waals surface area (Å²) in [7, 11) is 0. The van der Waals surface area contributed by atoms with Crippen molar-refractivity contribution < 1.29 is 19.1 Å². The maximum Gasteiger partial charge on any atom is 0.339 e. The highest BCUT2D eigenvalue weighted by Crippen LogP contribution is 2.26. The summed E-state index contributed by atoms with van der Waals surface area (Å²) in [5.41, 5.74) is 4.93. The van der Waals surface area contributed by atoms with Crippen LogP contribution < -0.4 is 10.5 Å². The van der Waals surface area contributed by atoms with Crippen LogP contribution in [0.2, 0.25) is 0 Å². The van der Waals surface area contributed by atoms with Crippen LogP contribution in [0.3, 0.4) is 0 Å². The van der Waals surface area contributed by atoms with Crippen LogP contribution in [0.1, 0.15) is 11.8 Å². The highest BCUT2D eigenvalue weighted by Gasteiger charge is 2.11. The van der Waals surface area contributed by atoms with Crippen molar-refractivity contribution in [3.05, 3.63) is 46.4 Å². The Morgan fingerprint density at radius 3 is 2.73 bits per heavy atom. The largest absolute Gasteiger partial charge is 0.456 e. The predicted molar refractivity (Wildman–Crippen MR) is 80.3 cm³/mol. The molecule has 0 aliphatic rings. The number of amides is 2. The van der Waals surface area contributed by atoms with E-state index in [-0.39, 0.29) is 5.82 Å². The molecule has 0 saturated heterocycles. The van der Waals surface area contributed by atoms with Crippen LogP contribution in [0.15, 0.2) is 35.7 Å². The van der Waals surface area contributed by atoms with Gasteiger partial charge in [-0.25, -0.2) is 9.18 Å². The van der Waals surface area contributed by atoms with Gasteiger partial charge in [0, 0.05) is 11.4 Å². The number of thiophene rings is 1. The zero-order valence-corrected chi connectivity index (χ0v) is 12.4. The number of hydrogen-bond acceptors (Lipinski definition) is 4. The lowest BCUT2D eigenvalue weighted by atomic mass is 10.3. The minimum atomic E-state index is -0.965. The van der Waals surface area contributed by atoms with Crippen molar-refractivity contribution in [3.8, 4) is 23.3 Å². The summed E-state index contributed by atoms with van der Waals surface area (Å²) in [5, 5.41) is 11.4. The number of benzene rings is 1. The third kappa shape index (κ3) is 4.22. The minimum absolute atomic E-state index is 0.332. The van der Waals surface area contributed by atoms with Crippen LogP contribution in [0.5, 0.6) is 11.5 Å². The molecule has 0 aliphatic carbocycles. The molecule has 0 bridgehead atoms. The van der Waals surface area contributed by atoms with Gasteiger partial charge in [0.15, 0.2) is 0 Å². The molecular formula is C15H13FN2O3S.